The van der Waals surface area contributed by atoms with Crippen LogP contribution in [-0.2, 0) is 0 Å². The van der Waals surface area contributed by atoms with Gasteiger partial charge >= 0.3 is 0 Å². The third-order valence-corrected chi connectivity index (χ3v) is 2.23. The zero-order valence-electron chi connectivity index (χ0n) is 8.84. The van der Waals surface area contributed by atoms with E-state index in [1.807, 2.05) is 19.1 Å². The number of carbonyl (C=O) groups is 1. The molecule has 0 saturated carbocycles. The van der Waals surface area contributed by atoms with E-state index in [2.05, 4.69) is 10.2 Å². The first-order valence-electron chi connectivity index (χ1n) is 4.87. The van der Waals surface area contributed by atoms with Crippen molar-refractivity contribution in [1.82, 2.24) is 10.2 Å². The van der Waals surface area contributed by atoms with Gasteiger partial charge in [-0.3, -0.25) is 4.79 Å². The lowest BCUT2D eigenvalue weighted by atomic mass is 10.1. The molecule has 2 rings (SSSR count). The Hall–Kier alpha value is -2.23. The van der Waals surface area contributed by atoms with Gasteiger partial charge in [-0.1, -0.05) is 29.8 Å². The third-order valence-electron chi connectivity index (χ3n) is 2.23. The first-order chi connectivity index (χ1) is 7.66. The zero-order chi connectivity index (χ0) is 11.5. The van der Waals surface area contributed by atoms with Gasteiger partial charge in [-0.15, -0.1) is 10.2 Å². The van der Waals surface area contributed by atoms with E-state index < -0.39 is 0 Å². The maximum atomic E-state index is 11.9. The molecular weight excluding hydrogens is 202 g/mol. The molecular formula is C12H11N3O. The number of hydrogen-bond acceptors (Lipinski definition) is 4. The van der Waals surface area contributed by atoms with Gasteiger partial charge in [-0.25, -0.2) is 0 Å². The Morgan fingerprint density at radius 2 is 1.75 bits per heavy atom. The molecule has 0 aliphatic carbocycles. The molecule has 0 unspecified atom stereocenters. The highest BCUT2D eigenvalue weighted by atomic mass is 16.1. The number of nitrogen functional groups attached to an aromatic ring is 1. The Balaban J connectivity index is 2.32. The van der Waals surface area contributed by atoms with E-state index in [0.29, 0.717) is 17.1 Å². The minimum absolute atomic E-state index is 0.146. The second kappa shape index (κ2) is 4.10. The number of nitrogens with zero attached hydrogens (tertiary/aromatic N) is 2. The molecule has 1 heterocycles. The van der Waals surface area contributed by atoms with Crippen molar-refractivity contribution in [2.45, 2.75) is 6.92 Å². The predicted molar refractivity (Wildman–Crippen MR) is 61.1 cm³/mol. The molecule has 0 spiro atoms. The fourth-order valence-electron chi connectivity index (χ4n) is 1.32. The molecule has 0 radical (unpaired) electrons. The van der Waals surface area contributed by atoms with Crippen LogP contribution in [0.3, 0.4) is 0 Å². The van der Waals surface area contributed by atoms with Crippen LogP contribution < -0.4 is 5.73 Å². The second-order valence-corrected chi connectivity index (χ2v) is 3.54. The van der Waals surface area contributed by atoms with Crippen LogP contribution in [0.5, 0.6) is 0 Å². The van der Waals surface area contributed by atoms with Gasteiger partial charge in [0.15, 0.2) is 0 Å². The molecule has 0 amide bonds. The molecule has 80 valence electrons. The summed E-state index contributed by atoms with van der Waals surface area (Å²) in [6, 6.07) is 10.5. The Morgan fingerprint density at radius 3 is 2.31 bits per heavy atom. The quantitative estimate of drug-likeness (QED) is 0.769. The van der Waals surface area contributed by atoms with Crippen molar-refractivity contribution in [2.24, 2.45) is 0 Å². The summed E-state index contributed by atoms with van der Waals surface area (Å²) in [7, 11) is 0. The van der Waals surface area contributed by atoms with E-state index in [4.69, 9.17) is 5.73 Å². The fourth-order valence-corrected chi connectivity index (χ4v) is 1.32. The van der Waals surface area contributed by atoms with Crippen LogP contribution in [0.2, 0.25) is 0 Å². The highest BCUT2D eigenvalue weighted by Crippen LogP contribution is 2.09. The molecule has 16 heavy (non-hydrogen) atoms. The van der Waals surface area contributed by atoms with Crippen LogP contribution in [-0.4, -0.2) is 16.0 Å². The van der Waals surface area contributed by atoms with Crippen molar-refractivity contribution >= 4 is 11.6 Å². The van der Waals surface area contributed by atoms with E-state index in [-0.39, 0.29) is 5.78 Å². The first kappa shape index (κ1) is 10.3. The van der Waals surface area contributed by atoms with Gasteiger partial charge < -0.3 is 5.73 Å². The van der Waals surface area contributed by atoms with Crippen molar-refractivity contribution in [1.29, 1.82) is 0 Å². The molecule has 0 bridgehead atoms. The Kier molecular flexibility index (Phi) is 2.64. The lowest BCUT2D eigenvalue weighted by molar-refractivity contribution is 0.103. The molecule has 0 fully saturated rings. The highest BCUT2D eigenvalue weighted by molar-refractivity contribution is 6.07. The monoisotopic (exact) mass is 213 g/mol. The van der Waals surface area contributed by atoms with E-state index in [0.717, 1.165) is 5.56 Å². The molecule has 4 nitrogen and oxygen atoms in total. The number of rotatable bonds is 2. The molecule has 1 aromatic heterocycles. The van der Waals surface area contributed by atoms with Gasteiger partial charge in [0.05, 0.1) is 0 Å². The van der Waals surface area contributed by atoms with E-state index in [1.54, 1.807) is 24.3 Å². The second-order valence-electron chi connectivity index (χ2n) is 3.54. The molecule has 0 atom stereocenters. The van der Waals surface area contributed by atoms with Gasteiger partial charge in [0.25, 0.3) is 0 Å². The topological polar surface area (TPSA) is 68.9 Å². The van der Waals surface area contributed by atoms with Gasteiger partial charge in [-0.05, 0) is 19.1 Å². The Morgan fingerprint density at radius 1 is 1.06 bits per heavy atom. The molecule has 1 aromatic carbocycles. The number of aromatic nitrogens is 2. The molecule has 2 N–H and O–H groups in total. The standard InChI is InChI=1S/C12H11N3O/c1-8-2-4-9(5-3-8)12(16)10-6-7-11(13)15-14-10/h2-7H,1H3,(H2,13,15). The number of carbonyl (C=O) groups excluding carboxylic acids is 1. The molecule has 0 aliphatic heterocycles. The summed E-state index contributed by atoms with van der Waals surface area (Å²) in [5.41, 5.74) is 7.42. The predicted octanol–water partition coefficient (Wildman–Crippen LogP) is 1.60. The van der Waals surface area contributed by atoms with Gasteiger partial charge in [0.2, 0.25) is 5.78 Å². The number of ketones is 1. The van der Waals surface area contributed by atoms with Gasteiger partial charge in [0, 0.05) is 5.56 Å². The molecule has 0 aliphatic rings. The normalized spacial score (nSPS) is 10.1. The number of anilines is 1. The highest BCUT2D eigenvalue weighted by Gasteiger charge is 2.10. The average molecular weight is 213 g/mol. The summed E-state index contributed by atoms with van der Waals surface area (Å²) in [5, 5.41) is 7.40. The largest absolute Gasteiger partial charge is 0.382 e. The average Bonchev–Trinajstić information content (AvgIpc) is 2.30. The maximum Gasteiger partial charge on any atom is 0.213 e. The van der Waals surface area contributed by atoms with Gasteiger partial charge in [-0.2, -0.15) is 0 Å². The van der Waals surface area contributed by atoms with Gasteiger partial charge in [0.1, 0.15) is 11.5 Å². The lowest BCUT2D eigenvalue weighted by Crippen LogP contribution is -2.06. The number of hydrogen-bond donors (Lipinski definition) is 1. The summed E-state index contributed by atoms with van der Waals surface area (Å²) < 4.78 is 0. The van der Waals surface area contributed by atoms with Crippen molar-refractivity contribution < 1.29 is 4.79 Å². The number of nitrogens with two attached hydrogens (primary N) is 1. The van der Waals surface area contributed by atoms with Crippen molar-refractivity contribution in [2.75, 3.05) is 5.73 Å². The Labute approximate surface area is 93.1 Å². The van der Waals surface area contributed by atoms with Crippen LogP contribution in [0.15, 0.2) is 36.4 Å². The van der Waals surface area contributed by atoms with Crippen LogP contribution in [0, 0.1) is 6.92 Å². The molecule has 4 heteroatoms. The van der Waals surface area contributed by atoms with Crippen molar-refractivity contribution in [3.05, 3.63) is 53.2 Å². The number of aryl methyl sites for hydroxylation is 1. The smallest absolute Gasteiger partial charge is 0.213 e. The summed E-state index contributed by atoms with van der Waals surface area (Å²) in [5.74, 6) is 0.160. The zero-order valence-corrected chi connectivity index (χ0v) is 8.84. The first-order valence-corrected chi connectivity index (χ1v) is 4.87. The maximum absolute atomic E-state index is 11.9. The van der Waals surface area contributed by atoms with Crippen LogP contribution in [0.4, 0.5) is 5.82 Å². The SMILES string of the molecule is Cc1ccc(C(=O)c2ccc(N)nn2)cc1. The van der Waals surface area contributed by atoms with E-state index in [9.17, 15) is 4.79 Å². The number of benzene rings is 1. The fraction of sp³-hybridized carbons (Fsp3) is 0.0833. The minimum Gasteiger partial charge on any atom is -0.382 e. The summed E-state index contributed by atoms with van der Waals surface area (Å²) in [6.07, 6.45) is 0. The summed E-state index contributed by atoms with van der Waals surface area (Å²) >= 11 is 0. The summed E-state index contributed by atoms with van der Waals surface area (Å²) in [4.78, 5) is 11.9. The van der Waals surface area contributed by atoms with Crippen LogP contribution >= 0.6 is 0 Å². The van der Waals surface area contributed by atoms with E-state index in [1.165, 1.54) is 0 Å². The van der Waals surface area contributed by atoms with Crippen molar-refractivity contribution in [3.8, 4) is 0 Å². The lowest BCUT2D eigenvalue weighted by Gasteiger charge is -2.00. The van der Waals surface area contributed by atoms with Crippen LogP contribution in [0.25, 0.3) is 0 Å². The Bertz CT molecular complexity index is 455. The molecule has 2 aromatic rings. The van der Waals surface area contributed by atoms with E-state index >= 15 is 0 Å². The summed E-state index contributed by atoms with van der Waals surface area (Å²) in [6.45, 7) is 1.97. The minimum atomic E-state index is -0.146. The third kappa shape index (κ3) is 2.06. The van der Waals surface area contributed by atoms with Crippen molar-refractivity contribution in [3.63, 3.8) is 0 Å². The molecule has 0 saturated heterocycles. The van der Waals surface area contributed by atoms with Crippen LogP contribution in [0.1, 0.15) is 21.6 Å².